The van der Waals surface area contributed by atoms with Crippen LogP contribution in [-0.4, -0.2) is 13.9 Å². The molecule has 8 heteroatoms. The molecule has 0 aliphatic carbocycles. The molecular weight excluding hydrogens is 166 g/mol. The summed E-state index contributed by atoms with van der Waals surface area (Å²) in [4.78, 5) is 0. The van der Waals surface area contributed by atoms with Crippen LogP contribution < -0.4 is 17.4 Å². The van der Waals surface area contributed by atoms with Crippen LogP contribution in [0.15, 0.2) is 0 Å². The number of nitrogens with two attached hydrogens (primary N) is 1. The summed E-state index contributed by atoms with van der Waals surface area (Å²) in [5.41, 5.74) is 6.59. The van der Waals surface area contributed by atoms with Crippen LogP contribution in [0, 0.1) is 0 Å². The Bertz CT molecular complexity index is 102. The number of hydrogen-bond acceptors (Lipinski definition) is 4. The van der Waals surface area contributed by atoms with Gasteiger partial charge < -0.3 is 11.9 Å². The summed E-state index contributed by atoms with van der Waals surface area (Å²) in [6.07, 6.45) is 0. The highest BCUT2D eigenvalue weighted by atomic mass is 32.2. The third-order valence-corrected chi connectivity index (χ3v) is 0.523. The van der Waals surface area contributed by atoms with E-state index < -0.39 is 11.4 Å². The summed E-state index contributed by atoms with van der Waals surface area (Å²) in [5.74, 6) is 0. The predicted molar refractivity (Wildman–Crippen MR) is 36.8 cm³/mol. The molecule has 0 saturated heterocycles. The van der Waals surface area contributed by atoms with Crippen molar-refractivity contribution >= 4 is 28.7 Å². The van der Waals surface area contributed by atoms with E-state index in [4.69, 9.17) is 10.3 Å². The molecule has 0 heterocycles. The molecule has 1 atom stereocenters. The van der Waals surface area contributed by atoms with Crippen LogP contribution in [0.1, 0.15) is 0 Å². The summed E-state index contributed by atoms with van der Waals surface area (Å²) < 4.78 is 21.3. The van der Waals surface area contributed by atoms with Crippen molar-refractivity contribution in [3.05, 3.63) is 0 Å². The average molecular weight is 173 g/mol. The lowest BCUT2D eigenvalue weighted by molar-refractivity contribution is 0.260. The van der Waals surface area contributed by atoms with E-state index >= 15 is 0 Å². The van der Waals surface area contributed by atoms with Crippen molar-refractivity contribution in [1.29, 1.82) is 0 Å². The maximum atomic E-state index is 9.61. The van der Waals surface area contributed by atoms with Crippen LogP contribution in [0.5, 0.6) is 0 Å². The van der Waals surface area contributed by atoms with Crippen molar-refractivity contribution < 1.29 is 13.0 Å². The highest BCUT2D eigenvalue weighted by Gasteiger charge is 1.90. The molecule has 0 spiro atoms. The second-order valence-corrected chi connectivity index (χ2v) is 1.81. The summed E-state index contributed by atoms with van der Waals surface area (Å²) >= 11 is 1.85. The van der Waals surface area contributed by atoms with E-state index in [2.05, 4.69) is 16.5 Å². The topological polar surface area (TPSA) is 120 Å². The lowest BCUT2D eigenvalue weighted by atomic mass is 11.2. The molecule has 0 aromatic heterocycles. The molecule has 9 heavy (non-hydrogen) atoms. The van der Waals surface area contributed by atoms with Gasteiger partial charge in [0.2, 0.25) is 0 Å². The maximum Gasteiger partial charge on any atom is 0.324 e. The van der Waals surface area contributed by atoms with Gasteiger partial charge in [0.15, 0.2) is 5.11 Å². The molecule has 0 aromatic carbocycles. The van der Waals surface area contributed by atoms with Gasteiger partial charge in [-0.3, -0.25) is 4.55 Å². The Hall–Kier alpha value is -0.280. The third-order valence-electron chi connectivity index (χ3n) is 0.214. The SMILES string of the molecule is N.NC(=S)NOS(=O)O. The Morgan fingerprint density at radius 1 is 1.89 bits per heavy atom. The first-order chi connectivity index (χ1) is 3.63. The molecule has 1 unspecified atom stereocenters. The molecule has 6 nitrogen and oxygen atoms in total. The van der Waals surface area contributed by atoms with E-state index in [9.17, 15) is 4.21 Å². The second-order valence-electron chi connectivity index (χ2n) is 0.767. The fourth-order valence-corrected chi connectivity index (χ4v) is 0.332. The minimum absolute atomic E-state index is 0. The van der Waals surface area contributed by atoms with Crippen LogP contribution in [0.2, 0.25) is 0 Å². The molecule has 0 radical (unpaired) electrons. The van der Waals surface area contributed by atoms with Crippen molar-refractivity contribution in [1.82, 2.24) is 11.6 Å². The Morgan fingerprint density at radius 2 is 2.33 bits per heavy atom. The van der Waals surface area contributed by atoms with Crippen molar-refractivity contribution in [3.63, 3.8) is 0 Å². The first kappa shape index (κ1) is 11.5. The maximum absolute atomic E-state index is 9.61. The molecule has 7 N–H and O–H groups in total. The van der Waals surface area contributed by atoms with Crippen LogP contribution in [0.25, 0.3) is 0 Å². The predicted octanol–water partition coefficient (Wildman–Crippen LogP) is -0.950. The van der Waals surface area contributed by atoms with Crippen molar-refractivity contribution in [2.75, 3.05) is 0 Å². The molecule has 56 valence electrons. The zero-order valence-electron chi connectivity index (χ0n) is 4.36. The fraction of sp³-hybridized carbons (Fsp3) is 0. The van der Waals surface area contributed by atoms with Gasteiger partial charge in [-0.1, -0.05) is 0 Å². The molecule has 0 saturated carbocycles. The molecular formula is CH7N3O3S2. The Morgan fingerprint density at radius 3 is 2.44 bits per heavy atom. The van der Waals surface area contributed by atoms with E-state index in [1.165, 1.54) is 0 Å². The smallest absolute Gasteiger partial charge is 0.324 e. The standard InChI is InChI=1S/CH4N2O3S2.H3N/c2-1(7)3-6-8(4)5;/h(H,4,5)(H3,2,3,7);1H3. The summed E-state index contributed by atoms with van der Waals surface area (Å²) in [7, 11) is 0. The molecule has 0 rings (SSSR count). The minimum Gasteiger partial charge on any atom is -0.375 e. The van der Waals surface area contributed by atoms with E-state index in [0.717, 1.165) is 0 Å². The van der Waals surface area contributed by atoms with Gasteiger partial charge in [-0.25, -0.2) is 5.48 Å². The molecule has 0 bridgehead atoms. The number of nitrogens with one attached hydrogen (secondary N) is 1. The summed E-state index contributed by atoms with van der Waals surface area (Å²) in [5, 5.41) is -0.188. The average Bonchev–Trinajstić information content (AvgIpc) is 1.61. The minimum atomic E-state index is -2.36. The van der Waals surface area contributed by atoms with Gasteiger partial charge in [-0.15, -0.1) is 4.28 Å². The first-order valence-electron chi connectivity index (χ1n) is 1.46. The fourth-order valence-electron chi connectivity index (χ4n) is 0.0767. The van der Waals surface area contributed by atoms with Crippen LogP contribution in [0.3, 0.4) is 0 Å². The largest absolute Gasteiger partial charge is 0.375 e. The van der Waals surface area contributed by atoms with Gasteiger partial charge in [-0.2, -0.15) is 4.21 Å². The monoisotopic (exact) mass is 173 g/mol. The van der Waals surface area contributed by atoms with Gasteiger partial charge in [0, 0.05) is 0 Å². The van der Waals surface area contributed by atoms with Gasteiger partial charge >= 0.3 is 11.4 Å². The lowest BCUT2D eigenvalue weighted by Gasteiger charge is -1.95. The molecule has 0 aliphatic rings. The number of thiocarbonyl (C=S) groups is 1. The zero-order chi connectivity index (χ0) is 6.57. The quantitative estimate of drug-likeness (QED) is 0.241. The highest BCUT2D eigenvalue weighted by molar-refractivity contribution is 7.80. The van der Waals surface area contributed by atoms with E-state index in [1.807, 2.05) is 0 Å². The zero-order valence-corrected chi connectivity index (χ0v) is 6.00. The Labute approximate surface area is 59.8 Å². The number of hydroxylamine groups is 1. The summed E-state index contributed by atoms with van der Waals surface area (Å²) in [6.45, 7) is 0. The normalized spacial score (nSPS) is 11.2. The second kappa shape index (κ2) is 5.85. The first-order valence-corrected chi connectivity index (χ1v) is 2.90. The Kier molecular flexibility index (Phi) is 7.48. The highest BCUT2D eigenvalue weighted by Crippen LogP contribution is 1.69. The number of rotatable bonds is 2. The van der Waals surface area contributed by atoms with E-state index in [1.54, 1.807) is 5.48 Å². The molecule has 0 amide bonds. The van der Waals surface area contributed by atoms with Gasteiger partial charge in [-0.05, 0) is 12.2 Å². The van der Waals surface area contributed by atoms with E-state index in [-0.39, 0.29) is 11.3 Å². The van der Waals surface area contributed by atoms with Crippen molar-refractivity contribution in [2.24, 2.45) is 5.73 Å². The van der Waals surface area contributed by atoms with E-state index in [0.29, 0.717) is 0 Å². The van der Waals surface area contributed by atoms with Crippen LogP contribution in [-0.2, 0) is 15.6 Å². The third kappa shape index (κ3) is 11.3. The lowest BCUT2D eigenvalue weighted by Crippen LogP contribution is -2.29. The van der Waals surface area contributed by atoms with Crippen LogP contribution in [0.4, 0.5) is 0 Å². The Balaban J connectivity index is 0. The van der Waals surface area contributed by atoms with Crippen molar-refractivity contribution in [3.8, 4) is 0 Å². The molecule has 0 aromatic rings. The summed E-state index contributed by atoms with van der Waals surface area (Å²) in [6, 6.07) is 0. The van der Waals surface area contributed by atoms with Gasteiger partial charge in [0.05, 0.1) is 0 Å². The van der Waals surface area contributed by atoms with Crippen LogP contribution >= 0.6 is 12.2 Å². The van der Waals surface area contributed by atoms with Gasteiger partial charge in [0.1, 0.15) is 0 Å². The molecule has 0 aliphatic heterocycles. The van der Waals surface area contributed by atoms with Gasteiger partial charge in [0.25, 0.3) is 0 Å². The number of hydrogen-bond donors (Lipinski definition) is 4. The van der Waals surface area contributed by atoms with Crippen molar-refractivity contribution in [2.45, 2.75) is 0 Å². The molecule has 0 fully saturated rings.